The van der Waals surface area contributed by atoms with E-state index >= 15 is 0 Å². The highest BCUT2D eigenvalue weighted by molar-refractivity contribution is 5.68. The van der Waals surface area contributed by atoms with E-state index in [4.69, 9.17) is 5.73 Å². The zero-order chi connectivity index (χ0) is 11.5. The van der Waals surface area contributed by atoms with Crippen molar-refractivity contribution in [3.05, 3.63) is 24.3 Å². The number of nitrogen functional groups attached to an aromatic ring is 1. The molecular formula is C13H20N2O. The molecule has 1 aliphatic heterocycles. The SMILES string of the molecule is C[C@@H](O)[C@@H]1CCCCN1c1ccccc1N. The van der Waals surface area contributed by atoms with E-state index in [0.29, 0.717) is 0 Å². The first kappa shape index (κ1) is 11.3. The molecule has 0 amide bonds. The maximum atomic E-state index is 9.82. The molecule has 3 nitrogen and oxygen atoms in total. The number of hydrogen-bond acceptors (Lipinski definition) is 3. The summed E-state index contributed by atoms with van der Waals surface area (Å²) in [6.07, 6.45) is 3.11. The van der Waals surface area contributed by atoms with Gasteiger partial charge in [-0.3, -0.25) is 0 Å². The average Bonchev–Trinajstić information content (AvgIpc) is 2.29. The summed E-state index contributed by atoms with van der Waals surface area (Å²) in [4.78, 5) is 2.25. The van der Waals surface area contributed by atoms with E-state index in [1.165, 1.54) is 12.8 Å². The van der Waals surface area contributed by atoms with Gasteiger partial charge < -0.3 is 15.7 Å². The number of hydrogen-bond donors (Lipinski definition) is 2. The monoisotopic (exact) mass is 220 g/mol. The molecule has 2 atom stereocenters. The van der Waals surface area contributed by atoms with Crippen molar-refractivity contribution < 1.29 is 5.11 Å². The van der Waals surface area contributed by atoms with E-state index in [1.807, 2.05) is 31.2 Å². The fourth-order valence-corrected chi connectivity index (χ4v) is 2.51. The summed E-state index contributed by atoms with van der Waals surface area (Å²) < 4.78 is 0. The Morgan fingerprint density at radius 3 is 2.81 bits per heavy atom. The third-order valence-corrected chi connectivity index (χ3v) is 3.35. The van der Waals surface area contributed by atoms with Crippen LogP contribution in [0.2, 0.25) is 0 Å². The maximum Gasteiger partial charge on any atom is 0.0715 e. The minimum absolute atomic E-state index is 0.207. The van der Waals surface area contributed by atoms with Gasteiger partial charge in [-0.2, -0.15) is 0 Å². The molecule has 3 heteroatoms. The predicted octanol–water partition coefficient (Wildman–Crippen LogP) is 2.01. The maximum absolute atomic E-state index is 9.82. The van der Waals surface area contributed by atoms with Gasteiger partial charge in [-0.05, 0) is 38.3 Å². The van der Waals surface area contributed by atoms with Gasteiger partial charge in [0, 0.05) is 6.54 Å². The molecule has 1 heterocycles. The lowest BCUT2D eigenvalue weighted by Crippen LogP contribution is -2.46. The predicted molar refractivity (Wildman–Crippen MR) is 67.5 cm³/mol. The van der Waals surface area contributed by atoms with Gasteiger partial charge >= 0.3 is 0 Å². The van der Waals surface area contributed by atoms with Gasteiger partial charge in [0.25, 0.3) is 0 Å². The van der Waals surface area contributed by atoms with Crippen molar-refractivity contribution in [1.82, 2.24) is 0 Å². The number of nitrogens with two attached hydrogens (primary N) is 1. The van der Waals surface area contributed by atoms with Gasteiger partial charge in [0.05, 0.1) is 23.5 Å². The zero-order valence-electron chi connectivity index (χ0n) is 9.76. The molecule has 0 aromatic heterocycles. The number of nitrogens with zero attached hydrogens (tertiary/aromatic N) is 1. The van der Waals surface area contributed by atoms with E-state index < -0.39 is 0 Å². The molecule has 0 aliphatic carbocycles. The summed E-state index contributed by atoms with van der Waals surface area (Å²) in [5.41, 5.74) is 7.85. The molecule has 0 saturated carbocycles. The third kappa shape index (κ3) is 2.14. The molecule has 1 saturated heterocycles. The lowest BCUT2D eigenvalue weighted by molar-refractivity contribution is 0.146. The third-order valence-electron chi connectivity index (χ3n) is 3.35. The second-order valence-corrected chi connectivity index (χ2v) is 4.56. The van der Waals surface area contributed by atoms with E-state index in [2.05, 4.69) is 4.90 Å². The fourth-order valence-electron chi connectivity index (χ4n) is 2.51. The molecule has 1 aromatic rings. The number of anilines is 2. The Morgan fingerprint density at radius 1 is 1.38 bits per heavy atom. The second-order valence-electron chi connectivity index (χ2n) is 4.56. The van der Waals surface area contributed by atoms with Crippen molar-refractivity contribution in [1.29, 1.82) is 0 Å². The smallest absolute Gasteiger partial charge is 0.0715 e. The van der Waals surface area contributed by atoms with Crippen molar-refractivity contribution >= 4 is 11.4 Å². The molecule has 16 heavy (non-hydrogen) atoms. The van der Waals surface area contributed by atoms with Crippen molar-refractivity contribution in [3.8, 4) is 0 Å². The van der Waals surface area contributed by atoms with Crippen LogP contribution >= 0.6 is 0 Å². The van der Waals surface area contributed by atoms with Crippen LogP contribution in [-0.4, -0.2) is 23.8 Å². The van der Waals surface area contributed by atoms with Crippen LogP contribution in [0.1, 0.15) is 26.2 Å². The van der Waals surface area contributed by atoms with Crippen LogP contribution in [0.25, 0.3) is 0 Å². The quantitative estimate of drug-likeness (QED) is 0.750. The van der Waals surface area contributed by atoms with Crippen molar-refractivity contribution in [2.75, 3.05) is 17.2 Å². The fraction of sp³-hybridized carbons (Fsp3) is 0.538. The summed E-state index contributed by atoms with van der Waals surface area (Å²) in [5, 5.41) is 9.82. The van der Waals surface area contributed by atoms with Crippen LogP contribution in [0.5, 0.6) is 0 Å². The van der Waals surface area contributed by atoms with Crippen molar-refractivity contribution in [3.63, 3.8) is 0 Å². The molecule has 1 aromatic carbocycles. The first-order valence-corrected chi connectivity index (χ1v) is 5.99. The number of para-hydroxylation sites is 2. The number of aliphatic hydroxyl groups excluding tert-OH is 1. The van der Waals surface area contributed by atoms with Crippen LogP contribution in [0, 0.1) is 0 Å². The van der Waals surface area contributed by atoms with Crippen molar-refractivity contribution in [2.45, 2.75) is 38.3 Å². The van der Waals surface area contributed by atoms with Crippen LogP contribution in [0.3, 0.4) is 0 Å². The Morgan fingerprint density at radius 2 is 2.12 bits per heavy atom. The zero-order valence-corrected chi connectivity index (χ0v) is 9.76. The summed E-state index contributed by atoms with van der Waals surface area (Å²) in [6, 6.07) is 8.11. The molecule has 3 N–H and O–H groups in total. The number of rotatable bonds is 2. The molecule has 1 fully saturated rings. The Labute approximate surface area is 96.9 Å². The number of aliphatic hydroxyl groups is 1. The Bertz CT molecular complexity index is 352. The molecule has 0 spiro atoms. The minimum atomic E-state index is -0.306. The van der Waals surface area contributed by atoms with E-state index in [9.17, 15) is 5.11 Å². The van der Waals surface area contributed by atoms with Gasteiger partial charge in [0.2, 0.25) is 0 Å². The van der Waals surface area contributed by atoms with Gasteiger partial charge in [-0.25, -0.2) is 0 Å². The lowest BCUT2D eigenvalue weighted by Gasteiger charge is -2.39. The van der Waals surface area contributed by atoms with E-state index in [1.54, 1.807) is 0 Å². The first-order valence-electron chi connectivity index (χ1n) is 5.99. The molecule has 1 aliphatic rings. The Hall–Kier alpha value is -1.22. The molecule has 0 bridgehead atoms. The van der Waals surface area contributed by atoms with Crippen LogP contribution in [-0.2, 0) is 0 Å². The normalized spacial score (nSPS) is 23.1. The average molecular weight is 220 g/mol. The Kier molecular flexibility index (Phi) is 3.34. The van der Waals surface area contributed by atoms with Gasteiger partial charge in [0.1, 0.15) is 0 Å². The second kappa shape index (κ2) is 4.74. The Balaban J connectivity index is 2.27. The molecular weight excluding hydrogens is 200 g/mol. The summed E-state index contributed by atoms with van der Waals surface area (Å²) >= 11 is 0. The topological polar surface area (TPSA) is 49.5 Å². The van der Waals surface area contributed by atoms with Crippen LogP contribution in [0.15, 0.2) is 24.3 Å². The standard InChI is InChI=1S/C13H20N2O/c1-10(16)12-7-4-5-9-15(12)13-8-3-2-6-11(13)14/h2-3,6,8,10,12,16H,4-5,7,9,14H2,1H3/t10-,12+/m1/s1. The summed E-state index contributed by atoms with van der Waals surface area (Å²) in [6.45, 7) is 2.85. The molecule has 0 unspecified atom stereocenters. The highest BCUT2D eigenvalue weighted by Crippen LogP contribution is 2.30. The van der Waals surface area contributed by atoms with Gasteiger partial charge in [0.15, 0.2) is 0 Å². The molecule has 2 rings (SSSR count). The summed E-state index contributed by atoms with van der Waals surface area (Å²) in [5.74, 6) is 0. The van der Waals surface area contributed by atoms with Crippen LogP contribution in [0.4, 0.5) is 11.4 Å². The first-order chi connectivity index (χ1) is 7.70. The minimum Gasteiger partial charge on any atom is -0.397 e. The molecule has 88 valence electrons. The van der Waals surface area contributed by atoms with Gasteiger partial charge in [-0.15, -0.1) is 0 Å². The summed E-state index contributed by atoms with van der Waals surface area (Å²) in [7, 11) is 0. The molecule has 0 radical (unpaired) electrons. The largest absolute Gasteiger partial charge is 0.397 e. The highest BCUT2D eigenvalue weighted by Gasteiger charge is 2.27. The van der Waals surface area contributed by atoms with Gasteiger partial charge in [-0.1, -0.05) is 12.1 Å². The highest BCUT2D eigenvalue weighted by atomic mass is 16.3. The van der Waals surface area contributed by atoms with E-state index in [0.717, 1.165) is 24.3 Å². The van der Waals surface area contributed by atoms with E-state index in [-0.39, 0.29) is 12.1 Å². The van der Waals surface area contributed by atoms with Crippen LogP contribution < -0.4 is 10.6 Å². The number of benzene rings is 1. The van der Waals surface area contributed by atoms with Crippen molar-refractivity contribution in [2.24, 2.45) is 0 Å². The number of piperidine rings is 1. The lowest BCUT2D eigenvalue weighted by atomic mass is 9.97.